The molecule has 0 bridgehead atoms. The molecule has 0 aromatic rings. The molecule has 0 N–H and O–H groups in total. The first kappa shape index (κ1) is 7.95. The van der Waals surface area contributed by atoms with Gasteiger partial charge in [0.2, 0.25) is 0 Å². The number of halogens is 1. The molecule has 0 saturated heterocycles. The van der Waals surface area contributed by atoms with Gasteiger partial charge in [-0.1, -0.05) is 6.42 Å². The molecule has 1 rings (SSSR count). The molecule has 0 aliphatic heterocycles. The van der Waals surface area contributed by atoms with Crippen molar-refractivity contribution in [3.8, 4) is 12.3 Å². The Hall–Kier alpha value is -0.150. The normalized spacial score (nSPS) is 32.0. The molecule has 2 unspecified atom stereocenters. The van der Waals surface area contributed by atoms with Gasteiger partial charge in [-0.25, -0.2) is 0 Å². The van der Waals surface area contributed by atoms with Gasteiger partial charge in [0, 0.05) is 11.8 Å². The van der Waals surface area contributed by atoms with Crippen LogP contribution in [0.2, 0.25) is 0 Å². The number of terminal acetylenes is 1. The van der Waals surface area contributed by atoms with E-state index in [9.17, 15) is 0 Å². The minimum Gasteiger partial charge on any atom is -0.123 e. The highest BCUT2D eigenvalue weighted by Gasteiger charge is 2.23. The third-order valence-electron chi connectivity index (χ3n) is 2.23. The van der Waals surface area contributed by atoms with Crippen molar-refractivity contribution in [3.63, 3.8) is 0 Å². The van der Waals surface area contributed by atoms with Crippen LogP contribution in [0, 0.1) is 18.3 Å². The van der Waals surface area contributed by atoms with E-state index in [4.69, 9.17) is 18.0 Å². The number of hydrogen-bond donors (Lipinski definition) is 0. The lowest BCUT2D eigenvalue weighted by Crippen LogP contribution is -2.05. The summed E-state index contributed by atoms with van der Waals surface area (Å²) >= 11 is 6.05. The second kappa shape index (κ2) is 3.88. The Kier molecular flexibility index (Phi) is 3.09. The van der Waals surface area contributed by atoms with E-state index in [1.54, 1.807) is 0 Å². The molecule has 1 heteroatoms. The van der Waals surface area contributed by atoms with E-state index in [2.05, 4.69) is 5.92 Å². The van der Waals surface area contributed by atoms with Crippen LogP contribution in [0.25, 0.3) is 0 Å². The molecule has 0 heterocycles. The third kappa shape index (κ3) is 1.92. The fourth-order valence-electron chi connectivity index (χ4n) is 1.59. The molecular weight excluding hydrogens is 144 g/mol. The lowest BCUT2D eigenvalue weighted by Gasteiger charge is -2.10. The van der Waals surface area contributed by atoms with Crippen molar-refractivity contribution in [2.24, 2.45) is 5.92 Å². The van der Waals surface area contributed by atoms with Gasteiger partial charge in [-0.2, -0.15) is 0 Å². The van der Waals surface area contributed by atoms with E-state index >= 15 is 0 Å². The van der Waals surface area contributed by atoms with Crippen molar-refractivity contribution in [2.45, 2.75) is 37.5 Å². The molecule has 1 fully saturated rings. The van der Waals surface area contributed by atoms with Gasteiger partial charge in [-0.05, 0) is 25.2 Å². The Morgan fingerprint density at radius 1 is 1.50 bits per heavy atom. The summed E-state index contributed by atoms with van der Waals surface area (Å²) in [4.78, 5) is 0. The maximum Gasteiger partial charge on any atom is 0.0364 e. The predicted molar refractivity (Wildman–Crippen MR) is 45.0 cm³/mol. The molecule has 56 valence electrons. The molecule has 1 aliphatic rings. The van der Waals surface area contributed by atoms with Gasteiger partial charge in [-0.3, -0.25) is 0 Å². The first-order valence-electron chi connectivity index (χ1n) is 3.92. The minimum absolute atomic E-state index is 0.411. The number of alkyl halides is 1. The van der Waals surface area contributed by atoms with Crippen LogP contribution in [0.15, 0.2) is 0 Å². The van der Waals surface area contributed by atoms with Gasteiger partial charge >= 0.3 is 0 Å². The van der Waals surface area contributed by atoms with Crippen molar-refractivity contribution in [2.75, 3.05) is 0 Å². The SMILES string of the molecule is C#CCCC1CCCC1Cl. The van der Waals surface area contributed by atoms with E-state index in [1.165, 1.54) is 19.3 Å². The van der Waals surface area contributed by atoms with E-state index in [0.29, 0.717) is 11.3 Å². The Morgan fingerprint density at radius 3 is 2.80 bits per heavy atom. The van der Waals surface area contributed by atoms with Gasteiger partial charge in [-0.15, -0.1) is 23.9 Å². The Balaban J connectivity index is 2.21. The highest BCUT2D eigenvalue weighted by atomic mass is 35.5. The standard InChI is InChI=1S/C9H13Cl/c1-2-3-5-8-6-4-7-9(8)10/h1,8-9H,3-7H2. The van der Waals surface area contributed by atoms with Crippen LogP contribution in [0.3, 0.4) is 0 Å². The van der Waals surface area contributed by atoms with Crippen molar-refractivity contribution in [1.29, 1.82) is 0 Å². The summed E-state index contributed by atoms with van der Waals surface area (Å²) in [5.74, 6) is 3.36. The van der Waals surface area contributed by atoms with Gasteiger partial charge in [0.15, 0.2) is 0 Å². The molecule has 0 nitrogen and oxygen atoms in total. The summed E-state index contributed by atoms with van der Waals surface area (Å²) in [6.45, 7) is 0. The molecule has 0 aromatic carbocycles. The average molecular weight is 157 g/mol. The van der Waals surface area contributed by atoms with Crippen LogP contribution < -0.4 is 0 Å². The van der Waals surface area contributed by atoms with E-state index in [-0.39, 0.29) is 0 Å². The van der Waals surface area contributed by atoms with Crippen LogP contribution in [0.5, 0.6) is 0 Å². The highest BCUT2D eigenvalue weighted by Crippen LogP contribution is 2.32. The molecule has 1 saturated carbocycles. The topological polar surface area (TPSA) is 0 Å². The van der Waals surface area contributed by atoms with Crippen LogP contribution in [0.1, 0.15) is 32.1 Å². The zero-order valence-corrected chi connectivity index (χ0v) is 6.90. The highest BCUT2D eigenvalue weighted by molar-refractivity contribution is 6.20. The fraction of sp³-hybridized carbons (Fsp3) is 0.778. The second-order valence-corrected chi connectivity index (χ2v) is 3.51. The van der Waals surface area contributed by atoms with Gasteiger partial charge in [0.05, 0.1) is 0 Å². The van der Waals surface area contributed by atoms with Crippen molar-refractivity contribution in [3.05, 3.63) is 0 Å². The molecule has 0 aromatic heterocycles. The maximum atomic E-state index is 6.05. The van der Waals surface area contributed by atoms with E-state index in [1.807, 2.05) is 0 Å². The van der Waals surface area contributed by atoms with Crippen molar-refractivity contribution < 1.29 is 0 Å². The summed E-state index contributed by atoms with van der Waals surface area (Å²) in [7, 11) is 0. The molecular formula is C9H13Cl. The summed E-state index contributed by atoms with van der Waals surface area (Å²) in [5.41, 5.74) is 0. The molecule has 2 atom stereocenters. The lowest BCUT2D eigenvalue weighted by molar-refractivity contribution is 0.518. The number of hydrogen-bond acceptors (Lipinski definition) is 0. The molecule has 1 aliphatic carbocycles. The fourth-order valence-corrected chi connectivity index (χ4v) is 1.99. The first-order chi connectivity index (χ1) is 4.84. The smallest absolute Gasteiger partial charge is 0.0364 e. The Morgan fingerprint density at radius 2 is 2.30 bits per heavy atom. The zero-order chi connectivity index (χ0) is 7.40. The van der Waals surface area contributed by atoms with Gasteiger partial charge in [0.1, 0.15) is 0 Å². The van der Waals surface area contributed by atoms with Crippen LogP contribution in [-0.2, 0) is 0 Å². The number of rotatable bonds is 2. The maximum absolute atomic E-state index is 6.05. The van der Waals surface area contributed by atoms with Gasteiger partial charge < -0.3 is 0 Å². The predicted octanol–water partition coefficient (Wildman–Crippen LogP) is 2.81. The quantitative estimate of drug-likeness (QED) is 0.426. The zero-order valence-electron chi connectivity index (χ0n) is 6.15. The van der Waals surface area contributed by atoms with Crippen LogP contribution in [0.4, 0.5) is 0 Å². The average Bonchev–Trinajstić information content (AvgIpc) is 2.31. The molecule has 0 radical (unpaired) electrons. The monoisotopic (exact) mass is 156 g/mol. The van der Waals surface area contributed by atoms with E-state index < -0.39 is 0 Å². The molecule has 10 heavy (non-hydrogen) atoms. The molecule has 0 amide bonds. The first-order valence-corrected chi connectivity index (χ1v) is 4.35. The summed E-state index contributed by atoms with van der Waals surface area (Å²) in [6, 6.07) is 0. The van der Waals surface area contributed by atoms with E-state index in [0.717, 1.165) is 12.8 Å². The van der Waals surface area contributed by atoms with Crippen molar-refractivity contribution >= 4 is 11.6 Å². The largest absolute Gasteiger partial charge is 0.123 e. The van der Waals surface area contributed by atoms with Gasteiger partial charge in [0.25, 0.3) is 0 Å². The summed E-state index contributed by atoms with van der Waals surface area (Å²) in [5, 5.41) is 0.411. The van der Waals surface area contributed by atoms with Crippen LogP contribution >= 0.6 is 11.6 Å². The second-order valence-electron chi connectivity index (χ2n) is 2.95. The Labute approximate surface area is 68.0 Å². The summed E-state index contributed by atoms with van der Waals surface area (Å²) < 4.78 is 0. The third-order valence-corrected chi connectivity index (χ3v) is 2.80. The lowest BCUT2D eigenvalue weighted by atomic mass is 10.0. The van der Waals surface area contributed by atoms with Crippen LogP contribution in [-0.4, -0.2) is 5.38 Å². The summed E-state index contributed by atoms with van der Waals surface area (Å²) in [6.07, 6.45) is 11.0. The molecule has 0 spiro atoms. The minimum atomic E-state index is 0.411. The van der Waals surface area contributed by atoms with Crippen molar-refractivity contribution in [1.82, 2.24) is 0 Å². The Bertz CT molecular complexity index is 134.